The molecule has 0 aliphatic carbocycles. The molecule has 6 nitrogen and oxygen atoms in total. The van der Waals surface area contributed by atoms with E-state index in [1.807, 2.05) is 0 Å². The second kappa shape index (κ2) is 6.15. The van der Waals surface area contributed by atoms with Crippen LogP contribution in [0.2, 0.25) is 0 Å². The summed E-state index contributed by atoms with van der Waals surface area (Å²) in [5.41, 5.74) is 0. The third-order valence-electron chi connectivity index (χ3n) is 2.29. The highest BCUT2D eigenvalue weighted by Gasteiger charge is 2.38. The lowest BCUT2D eigenvalue weighted by Crippen LogP contribution is -2.42. The molecular formula is C11H13NO5S. The SMILES string of the molecule is COC(=O)C(C(=O)OC)C(=O)N(C)c1cccs1. The molecule has 0 aromatic carbocycles. The molecule has 0 saturated carbocycles. The molecule has 1 heterocycles. The van der Waals surface area contributed by atoms with Crippen LogP contribution in [0, 0.1) is 5.92 Å². The van der Waals surface area contributed by atoms with Crippen molar-refractivity contribution in [2.24, 2.45) is 5.92 Å². The molecule has 0 aliphatic rings. The number of carbonyl (C=O) groups is 3. The quantitative estimate of drug-likeness (QED) is 0.594. The number of ether oxygens (including phenoxy) is 2. The van der Waals surface area contributed by atoms with Crippen LogP contribution in [0.3, 0.4) is 0 Å². The average molecular weight is 271 g/mol. The minimum atomic E-state index is -1.59. The monoisotopic (exact) mass is 271 g/mol. The first-order valence-corrected chi connectivity index (χ1v) is 5.87. The molecular weight excluding hydrogens is 258 g/mol. The van der Waals surface area contributed by atoms with E-state index in [-0.39, 0.29) is 0 Å². The smallest absolute Gasteiger partial charge is 0.329 e. The molecule has 0 radical (unpaired) electrons. The van der Waals surface area contributed by atoms with Crippen LogP contribution < -0.4 is 4.90 Å². The summed E-state index contributed by atoms with van der Waals surface area (Å²) in [5.74, 6) is -4.14. The first-order chi connectivity index (χ1) is 8.52. The Kier molecular flexibility index (Phi) is 4.85. The van der Waals surface area contributed by atoms with Crippen molar-refractivity contribution < 1.29 is 23.9 Å². The minimum Gasteiger partial charge on any atom is -0.468 e. The fourth-order valence-electron chi connectivity index (χ4n) is 1.30. The number of esters is 2. The summed E-state index contributed by atoms with van der Waals surface area (Å²) in [7, 11) is 3.69. The molecule has 0 unspecified atom stereocenters. The number of rotatable bonds is 4. The van der Waals surface area contributed by atoms with Gasteiger partial charge in [-0.15, -0.1) is 11.3 Å². The number of amides is 1. The summed E-state index contributed by atoms with van der Waals surface area (Å²) >= 11 is 1.32. The van der Waals surface area contributed by atoms with Gasteiger partial charge in [0.25, 0.3) is 5.91 Å². The van der Waals surface area contributed by atoms with Crippen molar-refractivity contribution in [3.8, 4) is 0 Å². The van der Waals surface area contributed by atoms with E-state index in [2.05, 4.69) is 9.47 Å². The number of anilines is 1. The van der Waals surface area contributed by atoms with Gasteiger partial charge in [-0.1, -0.05) is 0 Å². The van der Waals surface area contributed by atoms with Gasteiger partial charge in [0, 0.05) is 7.05 Å². The zero-order valence-corrected chi connectivity index (χ0v) is 11.0. The number of hydrogen-bond donors (Lipinski definition) is 0. The van der Waals surface area contributed by atoms with Crippen LogP contribution in [-0.2, 0) is 23.9 Å². The summed E-state index contributed by atoms with van der Waals surface area (Å²) in [5, 5.41) is 2.41. The van der Waals surface area contributed by atoms with Gasteiger partial charge in [0.05, 0.1) is 19.2 Å². The second-order valence-corrected chi connectivity index (χ2v) is 4.25. The van der Waals surface area contributed by atoms with Gasteiger partial charge in [0.15, 0.2) is 0 Å². The molecule has 1 aromatic rings. The van der Waals surface area contributed by atoms with E-state index in [1.165, 1.54) is 23.3 Å². The largest absolute Gasteiger partial charge is 0.468 e. The molecule has 7 heteroatoms. The second-order valence-electron chi connectivity index (χ2n) is 3.33. The van der Waals surface area contributed by atoms with Crippen LogP contribution in [-0.4, -0.2) is 39.1 Å². The van der Waals surface area contributed by atoms with E-state index in [0.29, 0.717) is 5.00 Å². The highest BCUT2D eigenvalue weighted by molar-refractivity contribution is 7.14. The summed E-state index contributed by atoms with van der Waals surface area (Å²) in [6.07, 6.45) is 0. The van der Waals surface area contributed by atoms with Crippen molar-refractivity contribution in [3.63, 3.8) is 0 Å². The highest BCUT2D eigenvalue weighted by Crippen LogP contribution is 2.22. The van der Waals surface area contributed by atoms with Crippen molar-refractivity contribution in [2.75, 3.05) is 26.2 Å². The predicted octanol–water partition coefficient (Wildman–Crippen LogP) is 0.673. The Hall–Kier alpha value is -1.89. The van der Waals surface area contributed by atoms with E-state index < -0.39 is 23.8 Å². The lowest BCUT2D eigenvalue weighted by Gasteiger charge is -2.19. The van der Waals surface area contributed by atoms with Crippen LogP contribution in [0.15, 0.2) is 17.5 Å². The van der Waals surface area contributed by atoms with Crippen molar-refractivity contribution in [3.05, 3.63) is 17.5 Å². The molecule has 1 aromatic heterocycles. The molecule has 18 heavy (non-hydrogen) atoms. The Morgan fingerprint density at radius 3 is 2.17 bits per heavy atom. The van der Waals surface area contributed by atoms with Gasteiger partial charge in [0.1, 0.15) is 0 Å². The summed E-state index contributed by atoms with van der Waals surface area (Å²) in [6.45, 7) is 0. The Bertz CT molecular complexity index is 426. The molecule has 0 fully saturated rings. The fraction of sp³-hybridized carbons (Fsp3) is 0.364. The highest BCUT2D eigenvalue weighted by atomic mass is 32.1. The van der Waals surface area contributed by atoms with Crippen LogP contribution in [0.4, 0.5) is 5.00 Å². The average Bonchev–Trinajstić information content (AvgIpc) is 2.91. The van der Waals surface area contributed by atoms with E-state index in [0.717, 1.165) is 14.2 Å². The van der Waals surface area contributed by atoms with E-state index in [4.69, 9.17) is 0 Å². The van der Waals surface area contributed by atoms with Crippen LogP contribution in [0.5, 0.6) is 0 Å². The van der Waals surface area contributed by atoms with E-state index in [9.17, 15) is 14.4 Å². The third kappa shape index (κ3) is 2.86. The standard InChI is InChI=1S/C11H13NO5S/c1-12(7-5-4-6-18-7)9(13)8(10(14)16-2)11(15)17-3/h4-6,8H,1-3H3. The lowest BCUT2D eigenvalue weighted by molar-refractivity contribution is -0.161. The third-order valence-corrected chi connectivity index (χ3v) is 3.23. The Morgan fingerprint density at radius 2 is 1.78 bits per heavy atom. The molecule has 0 N–H and O–H groups in total. The molecule has 0 bridgehead atoms. The van der Waals surface area contributed by atoms with Crippen LogP contribution in [0.1, 0.15) is 0 Å². The normalized spacial score (nSPS) is 10.0. The lowest BCUT2D eigenvalue weighted by atomic mass is 10.1. The Morgan fingerprint density at radius 1 is 1.22 bits per heavy atom. The van der Waals surface area contributed by atoms with Gasteiger partial charge in [-0.25, -0.2) is 0 Å². The van der Waals surface area contributed by atoms with Gasteiger partial charge < -0.3 is 14.4 Å². The number of hydrogen-bond acceptors (Lipinski definition) is 6. The van der Waals surface area contributed by atoms with Crippen molar-refractivity contribution in [2.45, 2.75) is 0 Å². The predicted molar refractivity (Wildman–Crippen MR) is 65.3 cm³/mol. The van der Waals surface area contributed by atoms with Gasteiger partial charge in [0.2, 0.25) is 5.92 Å². The van der Waals surface area contributed by atoms with E-state index in [1.54, 1.807) is 17.5 Å². The summed E-state index contributed by atoms with van der Waals surface area (Å²) < 4.78 is 8.88. The number of methoxy groups -OCH3 is 2. The fourth-order valence-corrected chi connectivity index (χ4v) is 2.00. The molecule has 0 atom stereocenters. The van der Waals surface area contributed by atoms with Gasteiger partial charge in [-0.3, -0.25) is 14.4 Å². The van der Waals surface area contributed by atoms with Crippen molar-refractivity contribution in [1.82, 2.24) is 0 Å². The molecule has 0 saturated heterocycles. The first-order valence-electron chi connectivity index (χ1n) is 4.99. The maximum absolute atomic E-state index is 12.1. The maximum Gasteiger partial charge on any atom is 0.329 e. The van der Waals surface area contributed by atoms with E-state index >= 15 is 0 Å². The minimum absolute atomic E-state index is 0.623. The zero-order chi connectivity index (χ0) is 13.7. The first kappa shape index (κ1) is 14.2. The molecule has 98 valence electrons. The molecule has 1 rings (SSSR count). The van der Waals surface area contributed by atoms with Gasteiger partial charge in [-0.2, -0.15) is 0 Å². The van der Waals surface area contributed by atoms with Crippen molar-refractivity contribution in [1.29, 1.82) is 0 Å². The number of carbonyl (C=O) groups excluding carboxylic acids is 3. The van der Waals surface area contributed by atoms with Gasteiger partial charge in [-0.05, 0) is 17.5 Å². The molecule has 1 amide bonds. The maximum atomic E-state index is 12.1. The number of nitrogens with zero attached hydrogens (tertiary/aromatic N) is 1. The van der Waals surface area contributed by atoms with Crippen molar-refractivity contribution >= 4 is 34.2 Å². The summed E-state index contributed by atoms with van der Waals surface area (Å²) in [4.78, 5) is 36.2. The molecule has 0 aliphatic heterocycles. The zero-order valence-electron chi connectivity index (χ0n) is 10.2. The topological polar surface area (TPSA) is 72.9 Å². The van der Waals surface area contributed by atoms with Crippen LogP contribution in [0.25, 0.3) is 0 Å². The van der Waals surface area contributed by atoms with Gasteiger partial charge >= 0.3 is 11.9 Å². The number of thiophene rings is 1. The van der Waals surface area contributed by atoms with Crippen LogP contribution >= 0.6 is 11.3 Å². The summed E-state index contributed by atoms with van der Waals surface area (Å²) in [6, 6.07) is 3.46. The Balaban J connectivity index is 2.96. The Labute approximate surface area is 108 Å². The molecule has 0 spiro atoms.